The molecule has 0 aliphatic heterocycles. The van der Waals surface area contributed by atoms with Crippen LogP contribution in [0.25, 0.3) is 0 Å². The molecule has 406 valence electrons. The molecule has 3 atom stereocenters. The number of allylic oxidation sites excluding steroid dienone is 7. The van der Waals surface area contributed by atoms with Crippen molar-refractivity contribution in [2.75, 3.05) is 6.61 Å². The van der Waals surface area contributed by atoms with Crippen LogP contribution in [0.15, 0.2) is 48.6 Å². The van der Waals surface area contributed by atoms with Crippen LogP contribution in [0.3, 0.4) is 0 Å². The Morgan fingerprint density at radius 2 is 0.638 bits per heavy atom. The van der Waals surface area contributed by atoms with Crippen LogP contribution in [-0.2, 0) is 4.79 Å². The Kier molecular flexibility index (Phi) is 57.4. The predicted molar refractivity (Wildman–Crippen MR) is 305 cm³/mol. The predicted octanol–water partition coefficient (Wildman–Crippen LogP) is 19.6. The lowest BCUT2D eigenvalue weighted by molar-refractivity contribution is -0.131. The summed E-state index contributed by atoms with van der Waals surface area (Å²) in [6.45, 7) is 4.20. The maximum Gasteiger partial charge on any atom is 0.249 e. The number of carbonyl (C=O) groups is 1. The third kappa shape index (κ3) is 53.9. The number of hydrogen-bond donors (Lipinski definition) is 4. The molecule has 1 amide bonds. The smallest absolute Gasteiger partial charge is 0.249 e. The highest BCUT2D eigenvalue weighted by molar-refractivity contribution is 5.80. The molecule has 0 heterocycles. The number of nitrogens with one attached hydrogen (secondary N) is 1. The number of amides is 1. The molecule has 0 aromatic heterocycles. The third-order valence-corrected chi connectivity index (χ3v) is 14.4. The molecule has 0 spiro atoms. The highest BCUT2D eigenvalue weighted by Gasteiger charge is 2.22. The van der Waals surface area contributed by atoms with Crippen LogP contribution in [0.1, 0.15) is 328 Å². The molecular formula is C64H121NO4. The first-order chi connectivity index (χ1) is 34.1. The zero-order valence-corrected chi connectivity index (χ0v) is 46.5. The maximum atomic E-state index is 12.6. The second kappa shape index (κ2) is 58.9. The third-order valence-electron chi connectivity index (χ3n) is 14.4. The van der Waals surface area contributed by atoms with E-state index in [4.69, 9.17) is 0 Å². The van der Waals surface area contributed by atoms with E-state index in [0.717, 1.165) is 44.9 Å². The number of rotatable bonds is 57. The lowest BCUT2D eigenvalue weighted by Crippen LogP contribution is -2.48. The Morgan fingerprint density at radius 3 is 0.971 bits per heavy atom. The van der Waals surface area contributed by atoms with Gasteiger partial charge in [-0.25, -0.2) is 0 Å². The summed E-state index contributed by atoms with van der Waals surface area (Å²) in [5.41, 5.74) is 0. The van der Waals surface area contributed by atoms with Gasteiger partial charge in [-0.15, -0.1) is 0 Å². The van der Waals surface area contributed by atoms with Crippen LogP contribution in [0.5, 0.6) is 0 Å². The van der Waals surface area contributed by atoms with E-state index in [1.54, 1.807) is 6.08 Å². The number of aliphatic hydroxyl groups excluding tert-OH is 3. The van der Waals surface area contributed by atoms with Gasteiger partial charge in [-0.3, -0.25) is 4.79 Å². The fourth-order valence-electron chi connectivity index (χ4n) is 9.59. The van der Waals surface area contributed by atoms with Crippen LogP contribution in [0, 0.1) is 0 Å². The van der Waals surface area contributed by atoms with E-state index in [9.17, 15) is 20.1 Å². The molecule has 5 nitrogen and oxygen atoms in total. The molecule has 0 aromatic rings. The largest absolute Gasteiger partial charge is 0.394 e. The van der Waals surface area contributed by atoms with Crippen molar-refractivity contribution >= 4 is 5.91 Å². The average Bonchev–Trinajstić information content (AvgIpc) is 3.35. The van der Waals surface area contributed by atoms with Crippen molar-refractivity contribution in [1.82, 2.24) is 5.32 Å². The highest BCUT2D eigenvalue weighted by atomic mass is 16.3. The summed E-state index contributed by atoms with van der Waals surface area (Å²) >= 11 is 0. The summed E-state index contributed by atoms with van der Waals surface area (Å²) in [5, 5.41) is 33.3. The van der Waals surface area contributed by atoms with Crippen molar-refractivity contribution in [2.24, 2.45) is 0 Å². The Balaban J connectivity index is 3.52. The standard InChI is InChI=1S/C64H121NO4/c1-3-5-7-9-11-13-15-17-19-21-22-23-24-25-26-27-28-29-30-31-32-33-34-35-36-37-38-39-40-41-43-45-47-49-51-53-55-57-59-63(68)64(69)65-61(60-66)62(67)58-56-54-52-50-48-46-44-42-20-18-16-14-12-10-8-6-4-2/h28-29,31-32,48,50,56,58,61-63,66-68H,3-27,30,33-47,49,51-55,57,59-60H2,1-2H3,(H,65,69)/b29-28-,32-31-,50-48+,58-56+. The lowest BCUT2D eigenvalue weighted by atomic mass is 10.0. The van der Waals surface area contributed by atoms with E-state index in [1.807, 2.05) is 6.08 Å². The van der Waals surface area contributed by atoms with Gasteiger partial charge in [0.15, 0.2) is 0 Å². The fraction of sp³-hybridized carbons (Fsp3) is 0.859. The van der Waals surface area contributed by atoms with Gasteiger partial charge in [-0.05, 0) is 64.2 Å². The van der Waals surface area contributed by atoms with Crippen molar-refractivity contribution < 1.29 is 20.1 Å². The number of aliphatic hydroxyl groups is 3. The molecule has 3 unspecified atom stereocenters. The van der Waals surface area contributed by atoms with E-state index in [1.165, 1.54) is 263 Å². The van der Waals surface area contributed by atoms with Gasteiger partial charge < -0.3 is 20.6 Å². The first-order valence-corrected chi connectivity index (χ1v) is 31.0. The zero-order chi connectivity index (χ0) is 50.0. The van der Waals surface area contributed by atoms with E-state index in [2.05, 4.69) is 55.6 Å². The van der Waals surface area contributed by atoms with Crippen molar-refractivity contribution in [3.8, 4) is 0 Å². The van der Waals surface area contributed by atoms with Gasteiger partial charge in [0, 0.05) is 0 Å². The van der Waals surface area contributed by atoms with Gasteiger partial charge in [0.05, 0.1) is 18.8 Å². The van der Waals surface area contributed by atoms with E-state index in [-0.39, 0.29) is 6.61 Å². The van der Waals surface area contributed by atoms with Crippen molar-refractivity contribution in [3.05, 3.63) is 48.6 Å². The monoisotopic (exact) mass is 968 g/mol. The molecular weight excluding hydrogens is 847 g/mol. The summed E-state index contributed by atoms with van der Waals surface area (Å²) in [6, 6.07) is -0.816. The van der Waals surface area contributed by atoms with Gasteiger partial charge in [0.2, 0.25) is 5.91 Å². The summed E-state index contributed by atoms with van der Waals surface area (Å²) in [4.78, 5) is 12.6. The van der Waals surface area contributed by atoms with Crippen molar-refractivity contribution in [3.63, 3.8) is 0 Å². The summed E-state index contributed by atoms with van der Waals surface area (Å²) in [6.07, 6.45) is 79.4. The number of unbranched alkanes of at least 4 members (excludes halogenated alkanes) is 43. The SMILES string of the molecule is CCCCCCCCCCCCC/C=C/CC/C=C/C(O)C(CO)NC(=O)C(O)CCCCCCCCCCCCCCCCCC/C=C\C/C=C\CCCCCCCCCCCCCCCCC. The summed E-state index contributed by atoms with van der Waals surface area (Å²) in [7, 11) is 0. The lowest BCUT2D eigenvalue weighted by Gasteiger charge is -2.21. The Labute approximate surface area is 431 Å². The van der Waals surface area contributed by atoms with Crippen LogP contribution in [0.4, 0.5) is 0 Å². The van der Waals surface area contributed by atoms with Gasteiger partial charge in [-0.1, -0.05) is 313 Å². The van der Waals surface area contributed by atoms with Crippen molar-refractivity contribution in [1.29, 1.82) is 0 Å². The quantitative estimate of drug-likeness (QED) is 0.0361. The molecule has 0 radical (unpaired) electrons. The molecule has 4 N–H and O–H groups in total. The van der Waals surface area contributed by atoms with E-state index >= 15 is 0 Å². The van der Waals surface area contributed by atoms with Crippen LogP contribution < -0.4 is 5.32 Å². The highest BCUT2D eigenvalue weighted by Crippen LogP contribution is 2.17. The van der Waals surface area contributed by atoms with Crippen LogP contribution in [0.2, 0.25) is 0 Å². The second-order valence-corrected chi connectivity index (χ2v) is 21.3. The average molecular weight is 969 g/mol. The van der Waals surface area contributed by atoms with Crippen molar-refractivity contribution in [2.45, 2.75) is 347 Å². The Bertz CT molecular complexity index is 1110. The molecule has 5 heteroatoms. The van der Waals surface area contributed by atoms with E-state index in [0.29, 0.717) is 6.42 Å². The van der Waals surface area contributed by atoms with Crippen LogP contribution in [-0.4, -0.2) is 46.1 Å². The molecule has 0 aliphatic rings. The Hall–Kier alpha value is -1.69. The molecule has 0 fully saturated rings. The fourth-order valence-corrected chi connectivity index (χ4v) is 9.59. The molecule has 0 saturated heterocycles. The molecule has 0 aliphatic carbocycles. The molecule has 0 saturated carbocycles. The molecule has 0 bridgehead atoms. The molecule has 69 heavy (non-hydrogen) atoms. The maximum absolute atomic E-state index is 12.6. The van der Waals surface area contributed by atoms with Crippen LogP contribution >= 0.6 is 0 Å². The minimum Gasteiger partial charge on any atom is -0.394 e. The number of hydrogen-bond acceptors (Lipinski definition) is 4. The van der Waals surface area contributed by atoms with Gasteiger partial charge in [0.1, 0.15) is 6.10 Å². The minimum absolute atomic E-state index is 0.375. The molecule has 0 rings (SSSR count). The normalized spacial score (nSPS) is 13.5. The van der Waals surface area contributed by atoms with Gasteiger partial charge >= 0.3 is 0 Å². The first-order valence-electron chi connectivity index (χ1n) is 31.0. The first kappa shape index (κ1) is 67.3. The number of carbonyl (C=O) groups excluding carboxylic acids is 1. The molecule has 0 aromatic carbocycles. The zero-order valence-electron chi connectivity index (χ0n) is 46.5. The minimum atomic E-state index is -1.11. The second-order valence-electron chi connectivity index (χ2n) is 21.3. The Morgan fingerprint density at radius 1 is 0.362 bits per heavy atom. The van der Waals surface area contributed by atoms with E-state index < -0.39 is 24.2 Å². The van der Waals surface area contributed by atoms with Gasteiger partial charge in [-0.2, -0.15) is 0 Å². The summed E-state index contributed by atoms with van der Waals surface area (Å²) < 4.78 is 0. The van der Waals surface area contributed by atoms with Gasteiger partial charge in [0.25, 0.3) is 0 Å². The summed E-state index contributed by atoms with van der Waals surface area (Å²) in [5.74, 6) is -0.510. The topological polar surface area (TPSA) is 89.8 Å².